The molecule has 0 bridgehead atoms. The zero-order valence-electron chi connectivity index (χ0n) is 19.3. The van der Waals surface area contributed by atoms with Gasteiger partial charge in [0.2, 0.25) is 0 Å². The topological polar surface area (TPSA) is 92.0 Å². The van der Waals surface area contributed by atoms with E-state index in [-0.39, 0.29) is 18.3 Å². The van der Waals surface area contributed by atoms with E-state index in [0.717, 1.165) is 14.5 Å². The minimum atomic E-state index is -0.461. The van der Waals surface area contributed by atoms with Gasteiger partial charge >= 0.3 is 5.97 Å². The number of halogens is 2. The summed E-state index contributed by atoms with van der Waals surface area (Å²) in [4.78, 5) is 29.7. The Hall–Kier alpha value is -2.47. The molecular weight excluding hydrogens is 617 g/mol. The molecule has 0 amide bonds. The van der Waals surface area contributed by atoms with Gasteiger partial charge in [0.1, 0.15) is 5.82 Å². The van der Waals surface area contributed by atoms with Gasteiger partial charge in [-0.25, -0.2) is 9.78 Å². The van der Waals surface area contributed by atoms with E-state index in [4.69, 9.17) is 14.2 Å². The highest BCUT2D eigenvalue weighted by atomic mass is 127. The van der Waals surface area contributed by atoms with Crippen LogP contribution in [0.4, 0.5) is 0 Å². The standard InChI is InChI=1S/C24H25BrIN3O5/c1-5-6-21-28-19-8-7-16(25)11-17(19)24(31)29(21)27-12-15-9-18(26)23(20(10-15)32-4)33-13-22(30)34-14(2)3/h7-12,14H,5-6,13H2,1-4H3. The van der Waals surface area contributed by atoms with Crippen LogP contribution in [0.15, 0.2) is 44.7 Å². The molecule has 0 radical (unpaired) electrons. The Bertz CT molecular complexity index is 1290. The van der Waals surface area contributed by atoms with Crippen molar-refractivity contribution < 1.29 is 19.0 Å². The van der Waals surface area contributed by atoms with Crippen molar-refractivity contribution in [3.63, 3.8) is 0 Å². The summed E-state index contributed by atoms with van der Waals surface area (Å²) in [6, 6.07) is 8.97. The molecule has 34 heavy (non-hydrogen) atoms. The molecule has 0 aliphatic heterocycles. The van der Waals surface area contributed by atoms with E-state index in [9.17, 15) is 9.59 Å². The van der Waals surface area contributed by atoms with Crippen LogP contribution >= 0.6 is 38.5 Å². The number of esters is 1. The maximum Gasteiger partial charge on any atom is 0.344 e. The minimum absolute atomic E-state index is 0.220. The first kappa shape index (κ1) is 26.1. The van der Waals surface area contributed by atoms with Crippen LogP contribution in [-0.4, -0.2) is 41.7 Å². The molecule has 3 rings (SSSR count). The Morgan fingerprint density at radius 2 is 2.06 bits per heavy atom. The molecule has 0 N–H and O–H groups in total. The van der Waals surface area contributed by atoms with Crippen LogP contribution in [0.1, 0.15) is 38.6 Å². The van der Waals surface area contributed by atoms with E-state index in [1.807, 2.05) is 25.1 Å². The molecule has 0 unspecified atom stereocenters. The molecular formula is C24H25BrIN3O5. The normalized spacial score (nSPS) is 11.4. The van der Waals surface area contributed by atoms with Crippen LogP contribution < -0.4 is 15.0 Å². The molecule has 0 saturated carbocycles. The average molecular weight is 642 g/mol. The molecule has 0 aliphatic rings. The second-order valence-corrected chi connectivity index (χ2v) is 9.74. The second kappa shape index (κ2) is 11.8. The molecule has 0 spiro atoms. The Labute approximate surface area is 219 Å². The largest absolute Gasteiger partial charge is 0.493 e. The molecule has 0 fully saturated rings. The van der Waals surface area contributed by atoms with E-state index in [0.29, 0.717) is 40.2 Å². The van der Waals surface area contributed by atoms with Gasteiger partial charge < -0.3 is 14.2 Å². The quantitative estimate of drug-likeness (QED) is 0.187. The van der Waals surface area contributed by atoms with Crippen LogP contribution in [0.2, 0.25) is 0 Å². The van der Waals surface area contributed by atoms with Crippen molar-refractivity contribution in [1.82, 2.24) is 9.66 Å². The summed E-state index contributed by atoms with van der Waals surface area (Å²) in [7, 11) is 1.51. The van der Waals surface area contributed by atoms with Crippen molar-refractivity contribution in [2.45, 2.75) is 39.7 Å². The van der Waals surface area contributed by atoms with Gasteiger partial charge in [-0.3, -0.25) is 4.79 Å². The molecule has 1 heterocycles. The van der Waals surface area contributed by atoms with Gasteiger partial charge in [-0.05, 0) is 78.8 Å². The fourth-order valence-electron chi connectivity index (χ4n) is 3.21. The lowest BCUT2D eigenvalue weighted by Gasteiger charge is -2.14. The predicted octanol–water partition coefficient (Wildman–Crippen LogP) is 4.94. The molecule has 0 saturated heterocycles. The molecule has 0 atom stereocenters. The summed E-state index contributed by atoms with van der Waals surface area (Å²) in [6.07, 6.45) is 2.79. The number of methoxy groups -OCH3 is 1. The van der Waals surface area contributed by atoms with Crippen molar-refractivity contribution in [3.8, 4) is 11.5 Å². The number of ether oxygens (including phenoxy) is 3. The third-order valence-electron chi connectivity index (χ3n) is 4.62. The maximum absolute atomic E-state index is 13.2. The van der Waals surface area contributed by atoms with E-state index < -0.39 is 5.97 Å². The summed E-state index contributed by atoms with van der Waals surface area (Å²) < 4.78 is 19.1. The summed E-state index contributed by atoms with van der Waals surface area (Å²) in [5.41, 5.74) is 1.09. The molecule has 10 heteroatoms. The monoisotopic (exact) mass is 641 g/mol. The van der Waals surface area contributed by atoms with Gasteiger partial charge in [0.15, 0.2) is 18.1 Å². The van der Waals surface area contributed by atoms with E-state index >= 15 is 0 Å². The Morgan fingerprint density at radius 1 is 1.29 bits per heavy atom. The smallest absolute Gasteiger partial charge is 0.344 e. The number of carbonyl (C=O) groups excluding carboxylic acids is 1. The summed E-state index contributed by atoms with van der Waals surface area (Å²) in [5.74, 6) is 0.995. The van der Waals surface area contributed by atoms with Gasteiger partial charge in [-0.15, -0.1) is 0 Å². The van der Waals surface area contributed by atoms with Gasteiger partial charge in [-0.2, -0.15) is 9.78 Å². The van der Waals surface area contributed by atoms with Crippen LogP contribution in [-0.2, 0) is 16.0 Å². The highest BCUT2D eigenvalue weighted by Crippen LogP contribution is 2.33. The van der Waals surface area contributed by atoms with Gasteiger partial charge in [0.05, 0.1) is 33.9 Å². The molecule has 2 aromatic carbocycles. The first-order valence-electron chi connectivity index (χ1n) is 10.7. The van der Waals surface area contributed by atoms with Crippen LogP contribution in [0.5, 0.6) is 11.5 Å². The highest BCUT2D eigenvalue weighted by molar-refractivity contribution is 14.1. The van der Waals surface area contributed by atoms with Crippen molar-refractivity contribution >= 4 is 61.6 Å². The van der Waals surface area contributed by atoms with Crippen molar-refractivity contribution in [2.24, 2.45) is 5.10 Å². The average Bonchev–Trinajstić information content (AvgIpc) is 2.78. The molecule has 0 aliphatic carbocycles. The lowest BCUT2D eigenvalue weighted by atomic mass is 10.2. The van der Waals surface area contributed by atoms with Crippen molar-refractivity contribution in [3.05, 3.63) is 60.1 Å². The zero-order valence-corrected chi connectivity index (χ0v) is 23.0. The molecule has 1 aromatic heterocycles. The third-order valence-corrected chi connectivity index (χ3v) is 5.92. The number of hydrogen-bond acceptors (Lipinski definition) is 7. The second-order valence-electron chi connectivity index (χ2n) is 7.66. The lowest BCUT2D eigenvalue weighted by molar-refractivity contribution is -0.149. The first-order valence-corrected chi connectivity index (χ1v) is 12.6. The number of nitrogens with zero attached hydrogens (tertiary/aromatic N) is 3. The summed E-state index contributed by atoms with van der Waals surface area (Å²) in [5, 5.41) is 4.94. The summed E-state index contributed by atoms with van der Waals surface area (Å²) in [6.45, 7) is 5.34. The van der Waals surface area contributed by atoms with E-state index in [1.165, 1.54) is 11.8 Å². The van der Waals surface area contributed by atoms with Crippen LogP contribution in [0.25, 0.3) is 10.9 Å². The number of rotatable bonds is 9. The minimum Gasteiger partial charge on any atom is -0.493 e. The van der Waals surface area contributed by atoms with E-state index in [1.54, 1.807) is 32.2 Å². The molecule has 3 aromatic rings. The SMILES string of the molecule is CCCc1nc2ccc(Br)cc2c(=O)n1N=Cc1cc(I)c(OCC(=O)OC(C)C)c(OC)c1. The number of hydrogen-bond donors (Lipinski definition) is 0. The Balaban J connectivity index is 1.95. The molecule has 8 nitrogen and oxygen atoms in total. The third kappa shape index (κ3) is 6.35. The number of carbonyl (C=O) groups is 1. The number of fused-ring (bicyclic) bond motifs is 1. The predicted molar refractivity (Wildman–Crippen MR) is 143 cm³/mol. The first-order chi connectivity index (χ1) is 16.2. The number of benzene rings is 2. The number of aromatic nitrogens is 2. The van der Waals surface area contributed by atoms with Gasteiger partial charge in [0, 0.05) is 10.9 Å². The van der Waals surface area contributed by atoms with Crippen LogP contribution in [0, 0.1) is 3.57 Å². The summed E-state index contributed by atoms with van der Waals surface area (Å²) >= 11 is 5.51. The zero-order chi connectivity index (χ0) is 24.8. The fourth-order valence-corrected chi connectivity index (χ4v) is 4.35. The maximum atomic E-state index is 13.2. The van der Waals surface area contributed by atoms with E-state index in [2.05, 4.69) is 48.6 Å². The van der Waals surface area contributed by atoms with Crippen molar-refractivity contribution in [1.29, 1.82) is 0 Å². The fraction of sp³-hybridized carbons (Fsp3) is 0.333. The Morgan fingerprint density at radius 3 is 2.74 bits per heavy atom. The molecule has 180 valence electrons. The highest BCUT2D eigenvalue weighted by Gasteiger charge is 2.15. The van der Waals surface area contributed by atoms with Gasteiger partial charge in [0.25, 0.3) is 5.56 Å². The Kier molecular flexibility index (Phi) is 9.06. The number of aryl methyl sites for hydroxylation is 1. The van der Waals surface area contributed by atoms with Crippen molar-refractivity contribution in [2.75, 3.05) is 13.7 Å². The van der Waals surface area contributed by atoms with Gasteiger partial charge in [-0.1, -0.05) is 22.9 Å². The van der Waals surface area contributed by atoms with Crippen LogP contribution in [0.3, 0.4) is 0 Å². The lowest BCUT2D eigenvalue weighted by Crippen LogP contribution is -2.22.